The molecule has 17 heavy (non-hydrogen) atoms. The zero-order valence-electron chi connectivity index (χ0n) is 10.6. The van der Waals surface area contributed by atoms with E-state index in [4.69, 9.17) is 0 Å². The lowest BCUT2D eigenvalue weighted by atomic mass is 10.1. The molecule has 1 aliphatic rings. The number of rotatable bonds is 3. The summed E-state index contributed by atoms with van der Waals surface area (Å²) < 4.78 is 13.0. The van der Waals surface area contributed by atoms with E-state index in [1.54, 1.807) is 12.1 Å². The number of halogens is 1. The van der Waals surface area contributed by atoms with Crippen molar-refractivity contribution in [2.75, 3.05) is 19.6 Å². The fraction of sp³-hybridized carbons (Fsp3) is 0.571. The maximum Gasteiger partial charge on any atom is 0.123 e. The fourth-order valence-electron chi connectivity index (χ4n) is 2.37. The Morgan fingerprint density at radius 2 is 2.24 bits per heavy atom. The van der Waals surface area contributed by atoms with Gasteiger partial charge in [0.1, 0.15) is 5.82 Å². The molecule has 0 aliphatic carbocycles. The minimum absolute atomic E-state index is 0.135. The van der Waals surface area contributed by atoms with Crippen LogP contribution in [0.1, 0.15) is 19.4 Å². The van der Waals surface area contributed by atoms with Crippen LogP contribution in [0.25, 0.3) is 0 Å². The number of hydrogen-bond acceptors (Lipinski definition) is 2. The largest absolute Gasteiger partial charge is 0.311 e. The molecule has 2 atom stereocenters. The van der Waals surface area contributed by atoms with Crippen LogP contribution in [0.15, 0.2) is 24.3 Å². The molecule has 94 valence electrons. The minimum Gasteiger partial charge on any atom is -0.311 e. The van der Waals surface area contributed by atoms with Crippen molar-refractivity contribution in [1.82, 2.24) is 10.2 Å². The topological polar surface area (TPSA) is 15.3 Å². The monoisotopic (exact) mass is 236 g/mol. The van der Waals surface area contributed by atoms with E-state index < -0.39 is 0 Å². The molecular weight excluding hydrogens is 215 g/mol. The number of nitrogens with zero attached hydrogens (tertiary/aromatic N) is 1. The lowest BCUT2D eigenvalue weighted by molar-refractivity contribution is 0.148. The molecule has 1 aromatic rings. The Morgan fingerprint density at radius 3 is 3.00 bits per heavy atom. The number of nitrogens with one attached hydrogen (secondary N) is 1. The van der Waals surface area contributed by atoms with E-state index in [2.05, 4.69) is 24.1 Å². The van der Waals surface area contributed by atoms with Crippen molar-refractivity contribution in [2.45, 2.75) is 32.4 Å². The molecule has 0 amide bonds. The lowest BCUT2D eigenvalue weighted by Gasteiger charge is -2.37. The average Bonchev–Trinajstić information content (AvgIpc) is 2.30. The van der Waals surface area contributed by atoms with Gasteiger partial charge in [0, 0.05) is 31.7 Å². The molecule has 1 aromatic carbocycles. The summed E-state index contributed by atoms with van der Waals surface area (Å²) >= 11 is 0. The van der Waals surface area contributed by atoms with Gasteiger partial charge in [-0.2, -0.15) is 0 Å². The summed E-state index contributed by atoms with van der Waals surface area (Å²) in [5.74, 6) is -0.135. The summed E-state index contributed by atoms with van der Waals surface area (Å²) in [6, 6.07) is 8.04. The van der Waals surface area contributed by atoms with E-state index in [9.17, 15) is 4.39 Å². The Kier molecular flexibility index (Phi) is 4.13. The summed E-state index contributed by atoms with van der Waals surface area (Å²) in [5.41, 5.74) is 1.09. The van der Waals surface area contributed by atoms with E-state index >= 15 is 0 Å². The number of piperazine rings is 1. The van der Waals surface area contributed by atoms with Gasteiger partial charge in [-0.25, -0.2) is 4.39 Å². The Bertz CT molecular complexity index is 367. The first-order valence-electron chi connectivity index (χ1n) is 6.37. The Balaban J connectivity index is 1.88. The molecule has 1 aliphatic heterocycles. The van der Waals surface area contributed by atoms with Gasteiger partial charge < -0.3 is 5.32 Å². The Labute approximate surface area is 103 Å². The standard InChI is InChI=1S/C14H21FN2/c1-11-10-17(12(2)9-16-11)7-6-13-4-3-5-14(15)8-13/h3-5,8,11-12,16H,6-7,9-10H2,1-2H3. The second-order valence-corrected chi connectivity index (χ2v) is 5.03. The van der Waals surface area contributed by atoms with E-state index in [1.807, 2.05) is 6.07 Å². The molecule has 3 heteroatoms. The van der Waals surface area contributed by atoms with Gasteiger partial charge in [-0.05, 0) is 38.0 Å². The quantitative estimate of drug-likeness (QED) is 0.864. The third-order valence-corrected chi connectivity index (χ3v) is 3.47. The van der Waals surface area contributed by atoms with Crippen LogP contribution in [0.4, 0.5) is 4.39 Å². The zero-order valence-corrected chi connectivity index (χ0v) is 10.6. The van der Waals surface area contributed by atoms with E-state index in [1.165, 1.54) is 6.07 Å². The molecule has 0 radical (unpaired) electrons. The van der Waals surface area contributed by atoms with Gasteiger partial charge in [0.15, 0.2) is 0 Å². The number of hydrogen-bond donors (Lipinski definition) is 1. The summed E-state index contributed by atoms with van der Waals surface area (Å²) in [4.78, 5) is 2.48. The fourth-order valence-corrected chi connectivity index (χ4v) is 2.37. The maximum atomic E-state index is 13.0. The molecule has 0 spiro atoms. The van der Waals surface area contributed by atoms with E-state index in [0.29, 0.717) is 12.1 Å². The van der Waals surface area contributed by atoms with Crippen molar-refractivity contribution in [1.29, 1.82) is 0 Å². The lowest BCUT2D eigenvalue weighted by Crippen LogP contribution is -2.54. The van der Waals surface area contributed by atoms with Crippen molar-refractivity contribution in [3.8, 4) is 0 Å². The van der Waals surface area contributed by atoms with Crippen LogP contribution in [-0.4, -0.2) is 36.6 Å². The van der Waals surface area contributed by atoms with Crippen LogP contribution >= 0.6 is 0 Å². The van der Waals surface area contributed by atoms with E-state index in [-0.39, 0.29) is 5.82 Å². The van der Waals surface area contributed by atoms with Crippen LogP contribution in [-0.2, 0) is 6.42 Å². The molecule has 1 N–H and O–H groups in total. The molecule has 2 unspecified atom stereocenters. The summed E-state index contributed by atoms with van der Waals surface area (Å²) in [6.07, 6.45) is 0.925. The Morgan fingerprint density at radius 1 is 1.41 bits per heavy atom. The van der Waals surface area contributed by atoms with Gasteiger partial charge in [-0.15, -0.1) is 0 Å². The van der Waals surface area contributed by atoms with Gasteiger partial charge in [0.25, 0.3) is 0 Å². The van der Waals surface area contributed by atoms with Gasteiger partial charge >= 0.3 is 0 Å². The molecule has 0 saturated carbocycles. The zero-order chi connectivity index (χ0) is 12.3. The molecule has 2 nitrogen and oxygen atoms in total. The van der Waals surface area contributed by atoms with Crippen molar-refractivity contribution in [3.63, 3.8) is 0 Å². The van der Waals surface area contributed by atoms with Gasteiger partial charge in [0.2, 0.25) is 0 Å². The second kappa shape index (κ2) is 5.61. The van der Waals surface area contributed by atoms with E-state index in [0.717, 1.165) is 31.6 Å². The first-order chi connectivity index (χ1) is 8.15. The van der Waals surface area contributed by atoms with Crippen LogP contribution in [0, 0.1) is 5.82 Å². The average molecular weight is 236 g/mol. The predicted octanol–water partition coefficient (Wildman–Crippen LogP) is 2.05. The molecule has 1 fully saturated rings. The van der Waals surface area contributed by atoms with Crippen molar-refractivity contribution < 1.29 is 4.39 Å². The molecule has 1 heterocycles. The highest BCUT2D eigenvalue weighted by Crippen LogP contribution is 2.10. The summed E-state index contributed by atoms with van der Waals surface area (Å²) in [5, 5.41) is 3.47. The highest BCUT2D eigenvalue weighted by atomic mass is 19.1. The minimum atomic E-state index is -0.135. The van der Waals surface area contributed by atoms with Gasteiger partial charge in [-0.3, -0.25) is 4.90 Å². The van der Waals surface area contributed by atoms with Crippen molar-refractivity contribution >= 4 is 0 Å². The van der Waals surface area contributed by atoms with Crippen LogP contribution in [0.3, 0.4) is 0 Å². The predicted molar refractivity (Wildman–Crippen MR) is 68.6 cm³/mol. The third-order valence-electron chi connectivity index (χ3n) is 3.47. The van der Waals surface area contributed by atoms with Crippen LogP contribution in [0.2, 0.25) is 0 Å². The van der Waals surface area contributed by atoms with Crippen LogP contribution < -0.4 is 5.32 Å². The molecule has 0 bridgehead atoms. The first kappa shape index (κ1) is 12.5. The van der Waals surface area contributed by atoms with Crippen LogP contribution in [0.5, 0.6) is 0 Å². The molecule has 0 aromatic heterocycles. The molecule has 1 saturated heterocycles. The second-order valence-electron chi connectivity index (χ2n) is 5.03. The Hall–Kier alpha value is -0.930. The first-order valence-corrected chi connectivity index (χ1v) is 6.37. The van der Waals surface area contributed by atoms with Crippen molar-refractivity contribution in [2.24, 2.45) is 0 Å². The number of benzene rings is 1. The highest BCUT2D eigenvalue weighted by Gasteiger charge is 2.21. The summed E-state index contributed by atoms with van der Waals surface area (Å²) in [6.45, 7) is 7.59. The van der Waals surface area contributed by atoms with Gasteiger partial charge in [-0.1, -0.05) is 12.1 Å². The smallest absolute Gasteiger partial charge is 0.123 e. The molecular formula is C14H21FN2. The molecule has 2 rings (SSSR count). The highest BCUT2D eigenvalue weighted by molar-refractivity contribution is 5.16. The SMILES string of the molecule is CC1CN(CCc2cccc(F)c2)C(C)CN1. The van der Waals surface area contributed by atoms with Gasteiger partial charge in [0.05, 0.1) is 0 Å². The van der Waals surface area contributed by atoms with Crippen molar-refractivity contribution in [3.05, 3.63) is 35.6 Å². The summed E-state index contributed by atoms with van der Waals surface area (Å²) in [7, 11) is 0. The third kappa shape index (κ3) is 3.51. The maximum absolute atomic E-state index is 13.0. The normalized spacial score (nSPS) is 26.1.